The third kappa shape index (κ3) is 3.09. The molecule has 0 N–H and O–H groups in total. The van der Waals surface area contributed by atoms with Gasteiger partial charge in [-0.1, -0.05) is 11.6 Å². The van der Waals surface area contributed by atoms with Crippen molar-refractivity contribution in [2.24, 2.45) is 0 Å². The lowest BCUT2D eigenvalue weighted by atomic mass is 10.3. The molecule has 6 heteroatoms. The smallest absolute Gasteiger partial charge is 0.136 e. The zero-order chi connectivity index (χ0) is 13.4. The Balaban J connectivity index is 1.92. The lowest BCUT2D eigenvalue weighted by Gasteiger charge is -2.08. The van der Waals surface area contributed by atoms with Crippen molar-refractivity contribution >= 4 is 39.3 Å². The molecule has 2 heterocycles. The maximum absolute atomic E-state index is 6.19. The third-order valence-corrected chi connectivity index (χ3v) is 4.78. The second kappa shape index (κ2) is 5.38. The van der Waals surface area contributed by atoms with Crippen LogP contribution in [0, 0.1) is 6.92 Å². The van der Waals surface area contributed by atoms with Gasteiger partial charge >= 0.3 is 0 Å². The second-order valence-electron chi connectivity index (χ2n) is 4.49. The largest absolute Gasteiger partial charge is 0.248 e. The van der Waals surface area contributed by atoms with E-state index in [0.717, 1.165) is 25.9 Å². The Kier molecular flexibility index (Phi) is 3.78. The molecule has 1 aliphatic rings. The average Bonchev–Trinajstić information content (AvgIpc) is 3.21. The van der Waals surface area contributed by atoms with Crippen LogP contribution >= 0.6 is 39.3 Å². The monoisotopic (exact) mass is 355 g/mol. The zero-order valence-electron chi connectivity index (χ0n) is 10.2. The molecule has 0 bridgehead atoms. The molecule has 0 aromatic carbocycles. The van der Waals surface area contributed by atoms with Crippen LogP contribution in [0.4, 0.5) is 0 Å². The summed E-state index contributed by atoms with van der Waals surface area (Å²) in [5, 5.41) is 2.36. The molecule has 0 aliphatic heterocycles. The van der Waals surface area contributed by atoms with Crippen LogP contribution in [0.1, 0.15) is 30.1 Å². The van der Waals surface area contributed by atoms with Gasteiger partial charge in [-0.15, -0.1) is 0 Å². The molecule has 1 aliphatic carbocycles. The molecule has 0 atom stereocenters. The van der Waals surface area contributed by atoms with E-state index in [1.54, 1.807) is 6.20 Å². The summed E-state index contributed by atoms with van der Waals surface area (Å²) in [6, 6.07) is 3.93. The molecule has 1 saturated carbocycles. The molecule has 1 fully saturated rings. The lowest BCUT2D eigenvalue weighted by Crippen LogP contribution is -1.98. The maximum atomic E-state index is 6.19. The molecule has 0 saturated heterocycles. The zero-order valence-corrected chi connectivity index (χ0v) is 13.4. The molecule has 3 nitrogen and oxygen atoms in total. The van der Waals surface area contributed by atoms with Crippen LogP contribution in [0.3, 0.4) is 0 Å². The molecule has 98 valence electrons. The van der Waals surface area contributed by atoms with Crippen LogP contribution in [0.15, 0.2) is 32.9 Å². The summed E-state index contributed by atoms with van der Waals surface area (Å²) < 4.78 is 0.966. The van der Waals surface area contributed by atoms with Crippen molar-refractivity contribution in [3.05, 3.63) is 39.3 Å². The SMILES string of the molecule is Cc1c(Cl)nc(C2CC2)nc1Sc1ccc(Br)cn1. The molecule has 2 aromatic heterocycles. The number of pyridine rings is 1. The van der Waals surface area contributed by atoms with E-state index < -0.39 is 0 Å². The Morgan fingerprint density at radius 1 is 1.32 bits per heavy atom. The second-order valence-corrected chi connectivity index (χ2v) is 6.78. The average molecular weight is 357 g/mol. The standard InChI is InChI=1S/C13H11BrClN3S/c1-7-11(15)17-12(8-2-3-8)18-13(7)19-10-5-4-9(14)6-16-10/h4-6,8H,2-3H2,1H3. The van der Waals surface area contributed by atoms with E-state index in [-0.39, 0.29) is 0 Å². The van der Waals surface area contributed by atoms with Gasteiger partial charge in [0.25, 0.3) is 0 Å². The summed E-state index contributed by atoms with van der Waals surface area (Å²) >= 11 is 11.1. The normalized spacial score (nSPS) is 14.7. The maximum Gasteiger partial charge on any atom is 0.136 e. The lowest BCUT2D eigenvalue weighted by molar-refractivity contribution is 0.861. The van der Waals surface area contributed by atoms with E-state index >= 15 is 0 Å². The summed E-state index contributed by atoms with van der Waals surface area (Å²) in [6.07, 6.45) is 4.11. The first-order valence-corrected chi connectivity index (χ1v) is 7.95. The fourth-order valence-electron chi connectivity index (χ4n) is 1.63. The number of halogens is 2. The van der Waals surface area contributed by atoms with Crippen LogP contribution in [-0.4, -0.2) is 15.0 Å². The van der Waals surface area contributed by atoms with Gasteiger partial charge in [-0.2, -0.15) is 0 Å². The summed E-state index contributed by atoms with van der Waals surface area (Å²) in [4.78, 5) is 13.3. The molecular formula is C13H11BrClN3S. The van der Waals surface area contributed by atoms with Crippen molar-refractivity contribution in [1.29, 1.82) is 0 Å². The molecule has 0 radical (unpaired) electrons. The van der Waals surface area contributed by atoms with Crippen molar-refractivity contribution in [2.75, 3.05) is 0 Å². The molecule has 19 heavy (non-hydrogen) atoms. The topological polar surface area (TPSA) is 38.7 Å². The van der Waals surface area contributed by atoms with Gasteiger partial charge in [0.05, 0.1) is 0 Å². The number of aromatic nitrogens is 3. The highest BCUT2D eigenvalue weighted by Gasteiger charge is 2.28. The van der Waals surface area contributed by atoms with E-state index in [0.29, 0.717) is 11.1 Å². The molecule has 0 unspecified atom stereocenters. The first-order valence-electron chi connectivity index (χ1n) is 5.97. The first-order chi connectivity index (χ1) is 9.13. The van der Waals surface area contributed by atoms with E-state index in [1.165, 1.54) is 24.6 Å². The Morgan fingerprint density at radius 2 is 2.11 bits per heavy atom. The minimum atomic E-state index is 0.496. The third-order valence-electron chi connectivity index (χ3n) is 2.90. The van der Waals surface area contributed by atoms with E-state index in [2.05, 4.69) is 30.9 Å². The molecule has 0 amide bonds. The number of hydrogen-bond donors (Lipinski definition) is 0. The Morgan fingerprint density at radius 3 is 2.74 bits per heavy atom. The highest BCUT2D eigenvalue weighted by Crippen LogP contribution is 2.40. The van der Waals surface area contributed by atoms with Crippen molar-refractivity contribution in [3.63, 3.8) is 0 Å². The summed E-state index contributed by atoms with van der Waals surface area (Å²) in [6.45, 7) is 1.94. The predicted octanol–water partition coefficient (Wildman–Crippen LogP) is 4.62. The fourth-order valence-corrected chi connectivity index (χ4v) is 2.93. The number of rotatable bonds is 3. The molecule has 2 aromatic rings. The molecule has 0 spiro atoms. The predicted molar refractivity (Wildman–Crippen MR) is 79.8 cm³/mol. The van der Waals surface area contributed by atoms with Gasteiger partial charge in [0, 0.05) is 22.2 Å². The van der Waals surface area contributed by atoms with Crippen molar-refractivity contribution < 1.29 is 0 Å². The summed E-state index contributed by atoms with van der Waals surface area (Å²) in [5.74, 6) is 1.37. The van der Waals surface area contributed by atoms with Gasteiger partial charge in [0.1, 0.15) is 21.0 Å². The fraction of sp³-hybridized carbons (Fsp3) is 0.308. The van der Waals surface area contributed by atoms with Gasteiger partial charge in [-0.3, -0.25) is 0 Å². The van der Waals surface area contributed by atoms with Crippen molar-refractivity contribution in [3.8, 4) is 0 Å². The first kappa shape index (κ1) is 13.3. The Hall–Kier alpha value is -0.650. The van der Waals surface area contributed by atoms with Crippen LogP contribution in [0.25, 0.3) is 0 Å². The molecular weight excluding hydrogens is 346 g/mol. The van der Waals surface area contributed by atoms with Crippen molar-refractivity contribution in [1.82, 2.24) is 15.0 Å². The van der Waals surface area contributed by atoms with E-state index in [4.69, 9.17) is 11.6 Å². The van der Waals surface area contributed by atoms with E-state index in [9.17, 15) is 0 Å². The highest BCUT2D eigenvalue weighted by atomic mass is 79.9. The molecule has 3 rings (SSSR count). The van der Waals surface area contributed by atoms with Crippen molar-refractivity contribution in [2.45, 2.75) is 35.7 Å². The number of hydrogen-bond acceptors (Lipinski definition) is 4. The van der Waals surface area contributed by atoms with Gasteiger partial charge in [0.15, 0.2) is 0 Å². The summed E-state index contributed by atoms with van der Waals surface area (Å²) in [7, 11) is 0. The quantitative estimate of drug-likeness (QED) is 0.752. The van der Waals surface area contributed by atoms with Gasteiger partial charge in [-0.05, 0) is 59.6 Å². The number of nitrogens with zero attached hydrogens (tertiary/aromatic N) is 3. The minimum Gasteiger partial charge on any atom is -0.248 e. The highest BCUT2D eigenvalue weighted by molar-refractivity contribution is 9.10. The van der Waals surface area contributed by atoms with Gasteiger partial charge < -0.3 is 0 Å². The Bertz CT molecular complexity index is 614. The van der Waals surface area contributed by atoms with Gasteiger partial charge in [-0.25, -0.2) is 15.0 Å². The van der Waals surface area contributed by atoms with Crippen LogP contribution in [0.5, 0.6) is 0 Å². The van der Waals surface area contributed by atoms with E-state index in [1.807, 2.05) is 19.1 Å². The minimum absolute atomic E-state index is 0.496. The summed E-state index contributed by atoms with van der Waals surface area (Å²) in [5.41, 5.74) is 0.917. The Labute approximate surface area is 129 Å². The van der Waals surface area contributed by atoms with Crippen LogP contribution < -0.4 is 0 Å². The van der Waals surface area contributed by atoms with Gasteiger partial charge in [0.2, 0.25) is 0 Å². The van der Waals surface area contributed by atoms with Crippen LogP contribution in [-0.2, 0) is 0 Å². The van der Waals surface area contributed by atoms with Crippen LogP contribution in [0.2, 0.25) is 5.15 Å².